The molecule has 9 rings (SSSR count). The Balaban J connectivity index is 0.000000297. The van der Waals surface area contributed by atoms with Crippen molar-refractivity contribution in [3.05, 3.63) is 226 Å². The quantitative estimate of drug-likeness (QED) is 0.0144. The first-order valence-corrected chi connectivity index (χ1v) is 45.5. The number of nitrogens with zero attached hydrogens (tertiary/aromatic N) is 10. The van der Waals surface area contributed by atoms with Gasteiger partial charge in [0.1, 0.15) is 68.3 Å². The lowest BCUT2D eigenvalue weighted by Gasteiger charge is -2.35. The van der Waals surface area contributed by atoms with Gasteiger partial charge in [-0.05, 0) is 258 Å². The molecule has 0 unspecified atom stereocenters. The summed E-state index contributed by atoms with van der Waals surface area (Å²) in [7, 11) is 20.1. The van der Waals surface area contributed by atoms with Crippen molar-refractivity contribution in [2.45, 2.75) is 216 Å². The molecule has 32 heteroatoms. The van der Waals surface area contributed by atoms with Crippen molar-refractivity contribution in [2.75, 3.05) is 117 Å². The van der Waals surface area contributed by atoms with E-state index in [1.807, 2.05) is 185 Å². The molecular formula is C105H146F3N13O16. The van der Waals surface area contributed by atoms with Crippen molar-refractivity contribution in [1.29, 1.82) is 0 Å². The van der Waals surface area contributed by atoms with E-state index in [2.05, 4.69) is 36.7 Å². The van der Waals surface area contributed by atoms with Crippen LogP contribution in [0, 0.1) is 17.5 Å². The second kappa shape index (κ2) is 49.9. The van der Waals surface area contributed by atoms with Crippen LogP contribution >= 0.6 is 0 Å². The van der Waals surface area contributed by atoms with E-state index in [1.165, 1.54) is 36.4 Å². The molecule has 29 nitrogen and oxygen atoms in total. The number of nitrogens with one attached hydrogen (secondary N) is 3. The van der Waals surface area contributed by atoms with E-state index in [-0.39, 0.29) is 80.9 Å². The van der Waals surface area contributed by atoms with Crippen LogP contribution in [0.25, 0.3) is 44.9 Å². The minimum absolute atomic E-state index is 0.0463. The van der Waals surface area contributed by atoms with Crippen molar-refractivity contribution in [3.8, 4) is 51.0 Å². The van der Waals surface area contributed by atoms with Gasteiger partial charge in [-0.15, -0.1) is 0 Å². The number of hydrogen-bond donors (Lipinski definition) is 3. The number of aromatic nitrogens is 6. The molecule has 0 saturated carbocycles. The smallest absolute Gasteiger partial charge is 0.407 e. The number of methoxy groups -OCH3 is 3. The number of amides is 3. The lowest BCUT2D eigenvalue weighted by molar-refractivity contribution is -0.179. The first kappa shape index (κ1) is 113. The molecule has 0 bridgehead atoms. The van der Waals surface area contributed by atoms with Crippen LogP contribution in [-0.4, -0.2) is 231 Å². The van der Waals surface area contributed by atoms with Crippen molar-refractivity contribution < 1.29 is 89.3 Å². The maximum absolute atomic E-state index is 14.1. The minimum atomic E-state index is -0.786. The van der Waals surface area contributed by atoms with Crippen LogP contribution in [0.1, 0.15) is 196 Å². The highest BCUT2D eigenvalue weighted by Gasteiger charge is 2.41. The SMILES string of the molecule is CCOC(=O)C(=CN(C)C)c1c(C(C)(C)CNC(=O)OC(C)(C)C)c(-c2ccc(F)cc2)nn1Cc1ccc(OC)cc1.CCOC(=O)C(=CN(C)C)c1nn(Cc2ccc(OC)cc2)c(-c2ccc(F)cc2)c1C(C)(C)CNC(=O)OC(C)(C)C.CCOC(=O)Cc1nn(Cc2ccc(OC)cc2)c(-c2ccc(F)cc2)c1C(C)(C)CNC(=O)OC(C)(C)C.CN(C)C(OC(C)(C)C)N(C)C. The predicted molar refractivity (Wildman–Crippen MR) is 530 cm³/mol. The Bertz CT molecular complexity index is 5430. The molecule has 748 valence electrons. The van der Waals surface area contributed by atoms with Gasteiger partial charge in [-0.25, -0.2) is 37.1 Å². The van der Waals surface area contributed by atoms with Gasteiger partial charge in [0, 0.05) is 110 Å². The van der Waals surface area contributed by atoms with E-state index >= 15 is 0 Å². The third-order valence-electron chi connectivity index (χ3n) is 20.2. The number of carbonyl (C=O) groups is 6. The molecule has 0 spiro atoms. The second-order valence-electron chi connectivity index (χ2n) is 39.5. The van der Waals surface area contributed by atoms with E-state index < -0.39 is 69.2 Å². The number of benzene rings is 6. The maximum atomic E-state index is 14.1. The van der Waals surface area contributed by atoms with Gasteiger partial charge in [-0.3, -0.25) is 28.6 Å². The number of rotatable bonds is 35. The molecule has 0 saturated heterocycles. The summed E-state index contributed by atoms with van der Waals surface area (Å²) in [4.78, 5) is 85.0. The van der Waals surface area contributed by atoms with Crippen LogP contribution < -0.4 is 30.2 Å². The molecule has 0 aliphatic heterocycles. The Morgan fingerprint density at radius 1 is 0.387 bits per heavy atom. The Morgan fingerprint density at radius 2 is 0.708 bits per heavy atom. The number of esters is 3. The summed E-state index contributed by atoms with van der Waals surface area (Å²) < 4.78 is 102. The third-order valence-corrected chi connectivity index (χ3v) is 20.2. The first-order valence-electron chi connectivity index (χ1n) is 45.5. The van der Waals surface area contributed by atoms with Gasteiger partial charge in [0.25, 0.3) is 0 Å². The summed E-state index contributed by atoms with van der Waals surface area (Å²) in [5.41, 5.74) is 6.61. The van der Waals surface area contributed by atoms with Gasteiger partial charge in [0.05, 0.1) is 101 Å². The normalized spacial score (nSPS) is 12.1. The Hall–Kier alpha value is -12.7. The second-order valence-corrected chi connectivity index (χ2v) is 39.5. The number of carbonyl (C=O) groups excluding carboxylic acids is 6. The lowest BCUT2D eigenvalue weighted by atomic mass is 9.80. The van der Waals surface area contributed by atoms with Gasteiger partial charge in [-0.2, -0.15) is 15.3 Å². The standard InChI is InChI=1S/2C33H43FN4O5.C30H38FN3O5.C9H22N2O/c1-10-42-30(39)26(20-37(7)8)28-27(33(5,6)21-35-31(40)43-32(2,3)4)29(23-13-15-24(34)16-14-23)38(36-28)19-22-11-17-25(41-9)18-12-22;1-10-42-30(39)26(20-37(7)8)29-27(33(5,6)21-35-31(40)43-32(2,3)4)28(23-13-15-24(34)16-14-23)36-38(29)19-22-11-17-25(41-9)18-12-22;1-8-38-25(35)17-24-26(30(5,6)19-32-28(36)39-29(2,3)4)27(21-11-13-22(31)14-12-21)34(33-24)18-20-9-15-23(37-7)16-10-20;1-9(2,3)12-8(10(4)5)11(6)7/h2*11-18,20H,10,19,21H2,1-9H3,(H,35,40);9-16H,8,17-19H2,1-7H3,(H,32,36);8H,1-7H3. The fraction of sp³-hybridized carbons (Fsp3) is 0.476. The highest BCUT2D eigenvalue weighted by Crippen LogP contribution is 2.44. The maximum Gasteiger partial charge on any atom is 0.407 e. The summed E-state index contributed by atoms with van der Waals surface area (Å²) in [5, 5.41) is 23.5. The summed E-state index contributed by atoms with van der Waals surface area (Å²) >= 11 is 0. The molecule has 6 aromatic carbocycles. The van der Waals surface area contributed by atoms with Crippen LogP contribution in [-0.2, 0) is 89.8 Å². The van der Waals surface area contributed by atoms with Crippen molar-refractivity contribution >= 4 is 47.3 Å². The number of ether oxygens (including phenoxy) is 10. The number of alkyl carbamates (subject to hydrolysis) is 3. The fourth-order valence-electron chi connectivity index (χ4n) is 14.5. The highest BCUT2D eigenvalue weighted by molar-refractivity contribution is 6.17. The third kappa shape index (κ3) is 35.4. The summed E-state index contributed by atoms with van der Waals surface area (Å²) in [6.45, 7) is 41.5. The molecule has 0 aliphatic carbocycles. The van der Waals surface area contributed by atoms with E-state index in [4.69, 9.17) is 62.7 Å². The van der Waals surface area contributed by atoms with Crippen molar-refractivity contribution in [3.63, 3.8) is 0 Å². The van der Waals surface area contributed by atoms with Crippen LogP contribution in [0.15, 0.2) is 158 Å². The lowest BCUT2D eigenvalue weighted by Crippen LogP contribution is -2.46. The highest BCUT2D eigenvalue weighted by atomic mass is 19.1. The van der Waals surface area contributed by atoms with E-state index in [1.54, 1.807) is 172 Å². The summed E-state index contributed by atoms with van der Waals surface area (Å²) in [5.74, 6) is -0.415. The van der Waals surface area contributed by atoms with E-state index in [0.717, 1.165) is 45.0 Å². The molecule has 3 amide bonds. The van der Waals surface area contributed by atoms with E-state index in [0.29, 0.717) is 81.7 Å². The Morgan fingerprint density at radius 3 is 1.04 bits per heavy atom. The molecule has 3 N–H and O–H groups in total. The van der Waals surface area contributed by atoms with Gasteiger partial charge in [0.2, 0.25) is 0 Å². The fourth-order valence-corrected chi connectivity index (χ4v) is 14.5. The molecule has 3 heterocycles. The monoisotopic (exact) mass is 1900 g/mol. The summed E-state index contributed by atoms with van der Waals surface area (Å²) in [6.07, 6.45) is 1.70. The molecular weight excluding hydrogens is 1760 g/mol. The zero-order chi connectivity index (χ0) is 103. The topological polar surface area (TPSA) is 297 Å². The Labute approximate surface area is 808 Å². The molecule has 0 atom stereocenters. The average Bonchev–Trinajstić information content (AvgIpc) is 1.62. The number of hydrogen-bond acceptors (Lipinski definition) is 23. The van der Waals surface area contributed by atoms with Crippen molar-refractivity contribution in [1.82, 2.24) is 64.9 Å². The Kier molecular flexibility index (Phi) is 41.2. The van der Waals surface area contributed by atoms with Gasteiger partial charge in [0.15, 0.2) is 6.35 Å². The van der Waals surface area contributed by atoms with Gasteiger partial charge >= 0.3 is 36.2 Å². The molecule has 3 aromatic heterocycles. The molecule has 0 aliphatic rings. The van der Waals surface area contributed by atoms with Gasteiger partial charge in [-0.1, -0.05) is 77.9 Å². The predicted octanol–water partition coefficient (Wildman–Crippen LogP) is 18.9. The zero-order valence-corrected chi connectivity index (χ0v) is 86.3. The number of halogens is 3. The molecule has 0 fully saturated rings. The van der Waals surface area contributed by atoms with Crippen LogP contribution in [0.2, 0.25) is 0 Å². The molecule has 9 aromatic rings. The van der Waals surface area contributed by atoms with Gasteiger partial charge < -0.3 is 73.1 Å². The molecule has 137 heavy (non-hydrogen) atoms. The molecule has 0 radical (unpaired) electrons. The van der Waals surface area contributed by atoms with E-state index in [9.17, 15) is 41.9 Å². The van der Waals surface area contributed by atoms with Crippen molar-refractivity contribution in [2.24, 2.45) is 0 Å². The van der Waals surface area contributed by atoms with Crippen LogP contribution in [0.4, 0.5) is 27.6 Å². The summed E-state index contributed by atoms with van der Waals surface area (Å²) in [6, 6.07) is 41.1. The van der Waals surface area contributed by atoms with Crippen LogP contribution in [0.3, 0.4) is 0 Å². The first-order chi connectivity index (χ1) is 63.9. The van der Waals surface area contributed by atoms with Crippen LogP contribution in [0.5, 0.6) is 17.2 Å². The largest absolute Gasteiger partial charge is 0.497 e. The zero-order valence-electron chi connectivity index (χ0n) is 86.3. The minimum Gasteiger partial charge on any atom is -0.497 e. The average molecular weight is 1900 g/mol.